The van der Waals surface area contributed by atoms with Crippen LogP contribution >= 0.6 is 12.2 Å². The molecule has 2 aromatic rings. The Balaban J connectivity index is 2.64. The zero-order valence-corrected chi connectivity index (χ0v) is 13.8. The van der Waals surface area contributed by atoms with Gasteiger partial charge in [-0.1, -0.05) is 19.4 Å². The van der Waals surface area contributed by atoms with Crippen LogP contribution in [0.5, 0.6) is 5.75 Å². The molecule has 0 aliphatic heterocycles. The Morgan fingerprint density at radius 1 is 1.35 bits per heavy atom. The summed E-state index contributed by atoms with van der Waals surface area (Å²) in [5, 5.41) is 0. The van der Waals surface area contributed by atoms with Crippen LogP contribution in [0.25, 0.3) is 11.0 Å². The largest absolute Gasteiger partial charge is 0.489 e. The molecule has 0 aliphatic rings. The predicted molar refractivity (Wildman–Crippen MR) is 87.1 cm³/mol. The lowest BCUT2D eigenvalue weighted by Gasteiger charge is -2.27. The molecule has 0 aliphatic carbocycles. The molecule has 0 unspecified atom stereocenters. The highest BCUT2D eigenvalue weighted by molar-refractivity contribution is 7.71. The van der Waals surface area contributed by atoms with E-state index in [2.05, 4.69) is 36.4 Å². The third-order valence-corrected chi connectivity index (χ3v) is 3.79. The van der Waals surface area contributed by atoms with Gasteiger partial charge in [-0.25, -0.2) is 0 Å². The lowest BCUT2D eigenvalue weighted by Crippen LogP contribution is -2.25. The number of nitrogens with one attached hydrogen (secondary N) is 1. The van der Waals surface area contributed by atoms with Crippen LogP contribution in [0.1, 0.15) is 47.5 Å². The fraction of sp³-hybridized carbons (Fsp3) is 0.562. The average molecular weight is 292 g/mol. The van der Waals surface area contributed by atoms with Gasteiger partial charge in [0.05, 0.1) is 11.6 Å². The van der Waals surface area contributed by atoms with Gasteiger partial charge in [-0.15, -0.1) is 0 Å². The van der Waals surface area contributed by atoms with Crippen molar-refractivity contribution in [2.24, 2.45) is 0 Å². The minimum atomic E-state index is 0.000533. The average Bonchev–Trinajstić information content (AvgIpc) is 2.66. The van der Waals surface area contributed by atoms with E-state index in [0.717, 1.165) is 34.4 Å². The van der Waals surface area contributed by atoms with E-state index in [4.69, 9.17) is 17.0 Å². The number of aromatic nitrogens is 2. The first-order valence-corrected chi connectivity index (χ1v) is 7.68. The second-order valence-electron chi connectivity index (χ2n) is 6.14. The number of nitrogens with zero attached hydrogens (tertiary/aromatic N) is 1. The molecule has 0 fully saturated rings. The van der Waals surface area contributed by atoms with Gasteiger partial charge in [-0.05, 0) is 58.5 Å². The van der Waals surface area contributed by atoms with Crippen molar-refractivity contribution in [3.05, 3.63) is 23.0 Å². The molecule has 0 spiro atoms. The summed E-state index contributed by atoms with van der Waals surface area (Å²) in [6.07, 6.45) is 2.36. The molecule has 110 valence electrons. The number of ether oxygens (including phenoxy) is 1. The van der Waals surface area contributed by atoms with Crippen molar-refractivity contribution in [1.82, 2.24) is 9.55 Å². The van der Waals surface area contributed by atoms with Crippen molar-refractivity contribution in [1.29, 1.82) is 0 Å². The molecule has 1 heterocycles. The molecule has 1 aromatic carbocycles. The molecule has 1 N–H and O–H groups in total. The van der Waals surface area contributed by atoms with Crippen LogP contribution in [0.3, 0.4) is 0 Å². The third-order valence-electron chi connectivity index (χ3n) is 3.51. The molecular weight excluding hydrogens is 268 g/mol. The highest BCUT2D eigenvalue weighted by Gasteiger charge is 2.23. The zero-order valence-electron chi connectivity index (χ0n) is 13.0. The van der Waals surface area contributed by atoms with Gasteiger partial charge in [0, 0.05) is 5.54 Å². The summed E-state index contributed by atoms with van der Waals surface area (Å²) < 4.78 is 8.86. The van der Waals surface area contributed by atoms with Gasteiger partial charge < -0.3 is 14.3 Å². The molecule has 0 bridgehead atoms. The Morgan fingerprint density at radius 2 is 2.05 bits per heavy atom. The van der Waals surface area contributed by atoms with Crippen molar-refractivity contribution in [2.75, 3.05) is 0 Å². The van der Waals surface area contributed by atoms with Crippen LogP contribution in [0, 0.1) is 4.77 Å². The molecule has 0 atom stereocenters. The Labute approximate surface area is 126 Å². The smallest absolute Gasteiger partial charge is 0.178 e. The van der Waals surface area contributed by atoms with E-state index in [-0.39, 0.29) is 11.6 Å². The number of H-pyrrole nitrogens is 1. The van der Waals surface area contributed by atoms with Gasteiger partial charge in [0.1, 0.15) is 11.3 Å². The Bertz CT molecular complexity index is 652. The van der Waals surface area contributed by atoms with E-state index >= 15 is 0 Å². The number of para-hydroxylation sites is 1. The van der Waals surface area contributed by atoms with Crippen molar-refractivity contribution < 1.29 is 4.74 Å². The number of benzene rings is 1. The standard InChI is InChI=1S/C16H24N2OS/c1-6-10-16(4,5)18-12-8-7-9-13(19-11(2)3)14(12)17-15(18)20/h7-9,11H,6,10H2,1-5H3,(H,17,20). The fourth-order valence-corrected chi connectivity index (χ4v) is 3.23. The van der Waals surface area contributed by atoms with Crippen molar-refractivity contribution in [3.63, 3.8) is 0 Å². The Kier molecular flexibility index (Phi) is 4.23. The molecule has 1 aromatic heterocycles. The van der Waals surface area contributed by atoms with Gasteiger partial charge >= 0.3 is 0 Å². The summed E-state index contributed by atoms with van der Waals surface area (Å²) >= 11 is 5.54. The Hall–Kier alpha value is -1.29. The number of aromatic amines is 1. The van der Waals surface area contributed by atoms with E-state index < -0.39 is 0 Å². The van der Waals surface area contributed by atoms with E-state index in [1.807, 2.05) is 26.0 Å². The van der Waals surface area contributed by atoms with Crippen LogP contribution in [-0.4, -0.2) is 15.7 Å². The van der Waals surface area contributed by atoms with Crippen molar-refractivity contribution >= 4 is 23.3 Å². The normalized spacial score (nSPS) is 12.3. The second-order valence-corrected chi connectivity index (χ2v) is 6.53. The summed E-state index contributed by atoms with van der Waals surface area (Å²) in [4.78, 5) is 3.32. The van der Waals surface area contributed by atoms with Gasteiger partial charge in [0.2, 0.25) is 0 Å². The molecule has 3 nitrogen and oxygen atoms in total. The molecule has 0 amide bonds. The maximum Gasteiger partial charge on any atom is 0.178 e. The van der Waals surface area contributed by atoms with E-state index in [1.54, 1.807) is 0 Å². The molecule has 0 saturated carbocycles. The van der Waals surface area contributed by atoms with Crippen molar-refractivity contribution in [3.8, 4) is 5.75 Å². The zero-order chi connectivity index (χ0) is 14.9. The van der Waals surface area contributed by atoms with Crippen LogP contribution in [0.4, 0.5) is 0 Å². The molecule has 4 heteroatoms. The summed E-state index contributed by atoms with van der Waals surface area (Å²) in [5.74, 6) is 0.870. The van der Waals surface area contributed by atoms with Crippen LogP contribution in [-0.2, 0) is 5.54 Å². The lowest BCUT2D eigenvalue weighted by atomic mass is 9.98. The minimum Gasteiger partial charge on any atom is -0.489 e. The first-order valence-electron chi connectivity index (χ1n) is 7.27. The molecule has 0 saturated heterocycles. The van der Waals surface area contributed by atoms with Gasteiger partial charge in [-0.2, -0.15) is 0 Å². The maximum absolute atomic E-state index is 5.88. The molecular formula is C16H24N2OS. The van der Waals surface area contributed by atoms with Crippen LogP contribution in [0.15, 0.2) is 18.2 Å². The number of hydrogen-bond acceptors (Lipinski definition) is 2. The molecule has 0 radical (unpaired) electrons. The Morgan fingerprint density at radius 3 is 2.65 bits per heavy atom. The van der Waals surface area contributed by atoms with E-state index in [1.165, 1.54) is 0 Å². The van der Waals surface area contributed by atoms with Crippen LogP contribution < -0.4 is 4.74 Å². The lowest BCUT2D eigenvalue weighted by molar-refractivity contribution is 0.245. The SMILES string of the molecule is CCCC(C)(C)n1c(=S)[nH]c2c(OC(C)C)cccc21. The highest BCUT2D eigenvalue weighted by atomic mass is 32.1. The number of rotatable bonds is 5. The monoisotopic (exact) mass is 292 g/mol. The summed E-state index contributed by atoms with van der Waals surface area (Å²) in [6, 6.07) is 6.12. The highest BCUT2D eigenvalue weighted by Crippen LogP contribution is 2.31. The van der Waals surface area contributed by atoms with Crippen LogP contribution in [0.2, 0.25) is 0 Å². The van der Waals surface area contributed by atoms with Gasteiger partial charge in [0.15, 0.2) is 4.77 Å². The first-order chi connectivity index (χ1) is 9.36. The topological polar surface area (TPSA) is 29.9 Å². The molecule has 2 rings (SSSR count). The number of hydrogen-bond donors (Lipinski definition) is 1. The third kappa shape index (κ3) is 2.75. The van der Waals surface area contributed by atoms with Crippen molar-refractivity contribution in [2.45, 2.75) is 59.1 Å². The maximum atomic E-state index is 5.88. The summed E-state index contributed by atoms with van der Waals surface area (Å²) in [6.45, 7) is 10.7. The fourth-order valence-electron chi connectivity index (χ4n) is 2.78. The second kappa shape index (κ2) is 5.60. The number of fused-ring (bicyclic) bond motifs is 1. The summed E-state index contributed by atoms with van der Waals surface area (Å²) in [5.41, 5.74) is 2.11. The van der Waals surface area contributed by atoms with Gasteiger partial charge in [0.25, 0.3) is 0 Å². The quantitative estimate of drug-likeness (QED) is 0.784. The van der Waals surface area contributed by atoms with Gasteiger partial charge in [-0.3, -0.25) is 0 Å². The minimum absolute atomic E-state index is 0.000533. The number of imidazole rings is 1. The predicted octanol–water partition coefficient (Wildman–Crippen LogP) is 5.02. The van der Waals surface area contributed by atoms with E-state index in [0.29, 0.717) is 0 Å². The first kappa shape index (κ1) is 15.1. The van der Waals surface area contributed by atoms with E-state index in [9.17, 15) is 0 Å². The summed E-state index contributed by atoms with van der Waals surface area (Å²) in [7, 11) is 0. The molecule has 20 heavy (non-hydrogen) atoms.